The van der Waals surface area contributed by atoms with E-state index in [0.717, 1.165) is 4.88 Å². The normalized spacial score (nSPS) is 16.0. The highest BCUT2D eigenvalue weighted by molar-refractivity contribution is 7.16. The molecule has 2 unspecified atom stereocenters. The molecule has 0 aliphatic heterocycles. The van der Waals surface area contributed by atoms with Crippen LogP contribution in [0.2, 0.25) is 4.34 Å². The molecule has 2 nitrogen and oxygen atoms in total. The van der Waals surface area contributed by atoms with Gasteiger partial charge in [0.2, 0.25) is 0 Å². The third-order valence-corrected chi connectivity index (χ3v) is 3.12. The fraction of sp³-hybridized carbons (Fsp3) is 0.500. The lowest BCUT2D eigenvalue weighted by molar-refractivity contribution is 0.143. The molecular formula is C8H12ClNOS. The summed E-state index contributed by atoms with van der Waals surface area (Å²) in [6.07, 6.45) is -0.465. The number of hydrogen-bond acceptors (Lipinski definition) is 3. The van der Waals surface area contributed by atoms with E-state index in [-0.39, 0.29) is 6.04 Å². The number of hydrogen-bond donors (Lipinski definition) is 2. The van der Waals surface area contributed by atoms with Gasteiger partial charge < -0.3 is 10.4 Å². The number of thiophene rings is 1. The first-order valence-electron chi connectivity index (χ1n) is 3.75. The third kappa shape index (κ3) is 2.20. The number of likely N-dealkylation sites (N-methyl/N-ethyl adjacent to an activating group) is 1. The molecule has 0 aromatic carbocycles. The molecule has 0 amide bonds. The van der Waals surface area contributed by atoms with Gasteiger partial charge in [-0.15, -0.1) is 11.3 Å². The quantitative estimate of drug-likeness (QED) is 0.792. The van der Waals surface area contributed by atoms with E-state index < -0.39 is 6.10 Å². The monoisotopic (exact) mass is 205 g/mol. The highest BCUT2D eigenvalue weighted by Gasteiger charge is 2.15. The summed E-state index contributed by atoms with van der Waals surface area (Å²) in [6.45, 7) is 1.93. The van der Waals surface area contributed by atoms with Gasteiger partial charge in [-0.1, -0.05) is 11.6 Å². The van der Waals surface area contributed by atoms with E-state index in [4.69, 9.17) is 11.6 Å². The van der Waals surface area contributed by atoms with Gasteiger partial charge in [-0.3, -0.25) is 0 Å². The average molecular weight is 206 g/mol. The smallest absolute Gasteiger partial charge is 0.103 e. The van der Waals surface area contributed by atoms with Gasteiger partial charge in [0, 0.05) is 10.9 Å². The van der Waals surface area contributed by atoms with E-state index in [2.05, 4.69) is 5.32 Å². The van der Waals surface area contributed by atoms with Crippen LogP contribution in [-0.4, -0.2) is 18.2 Å². The molecule has 0 saturated heterocycles. The second-order valence-corrected chi connectivity index (χ2v) is 4.41. The van der Waals surface area contributed by atoms with Crippen molar-refractivity contribution in [3.8, 4) is 0 Å². The van der Waals surface area contributed by atoms with Crippen LogP contribution in [0.3, 0.4) is 0 Å². The summed E-state index contributed by atoms with van der Waals surface area (Å²) in [5.41, 5.74) is 0. The van der Waals surface area contributed by atoms with Crippen molar-refractivity contribution in [2.45, 2.75) is 19.1 Å². The van der Waals surface area contributed by atoms with E-state index in [1.807, 2.05) is 20.0 Å². The molecule has 12 heavy (non-hydrogen) atoms. The Hall–Kier alpha value is -0.0900. The maximum Gasteiger partial charge on any atom is 0.103 e. The predicted octanol–water partition coefficient (Wildman–Crippen LogP) is 2.04. The van der Waals surface area contributed by atoms with Crippen LogP contribution in [0.4, 0.5) is 0 Å². The summed E-state index contributed by atoms with van der Waals surface area (Å²) in [6, 6.07) is 3.71. The summed E-state index contributed by atoms with van der Waals surface area (Å²) < 4.78 is 0.715. The van der Waals surface area contributed by atoms with Crippen LogP contribution in [0.25, 0.3) is 0 Å². The van der Waals surface area contributed by atoms with Crippen LogP contribution in [0.5, 0.6) is 0 Å². The van der Waals surface area contributed by atoms with Gasteiger partial charge in [-0.05, 0) is 26.1 Å². The van der Waals surface area contributed by atoms with Crippen LogP contribution in [0.15, 0.2) is 12.1 Å². The second-order valence-electron chi connectivity index (χ2n) is 2.66. The van der Waals surface area contributed by atoms with Gasteiger partial charge >= 0.3 is 0 Å². The van der Waals surface area contributed by atoms with Crippen LogP contribution in [0.1, 0.15) is 17.9 Å². The summed E-state index contributed by atoms with van der Waals surface area (Å²) >= 11 is 7.15. The molecule has 0 spiro atoms. The van der Waals surface area contributed by atoms with E-state index in [1.165, 1.54) is 11.3 Å². The molecule has 0 fully saturated rings. The number of aliphatic hydroxyl groups excluding tert-OH is 1. The lowest BCUT2D eigenvalue weighted by Crippen LogP contribution is -2.28. The Bertz CT molecular complexity index is 251. The van der Waals surface area contributed by atoms with Crippen LogP contribution in [-0.2, 0) is 0 Å². The van der Waals surface area contributed by atoms with E-state index in [0.29, 0.717) is 4.34 Å². The van der Waals surface area contributed by atoms with Crippen molar-refractivity contribution in [3.05, 3.63) is 21.3 Å². The number of rotatable bonds is 3. The van der Waals surface area contributed by atoms with Crippen molar-refractivity contribution >= 4 is 22.9 Å². The Morgan fingerprint density at radius 3 is 2.67 bits per heavy atom. The van der Waals surface area contributed by atoms with E-state index in [1.54, 1.807) is 6.07 Å². The predicted molar refractivity (Wildman–Crippen MR) is 52.8 cm³/mol. The summed E-state index contributed by atoms with van der Waals surface area (Å²) in [5.74, 6) is 0. The van der Waals surface area contributed by atoms with Gasteiger partial charge in [0.05, 0.1) is 4.34 Å². The van der Waals surface area contributed by atoms with Crippen LogP contribution in [0, 0.1) is 0 Å². The molecule has 68 valence electrons. The Balaban J connectivity index is 2.70. The Labute approximate surface area is 81.2 Å². The zero-order chi connectivity index (χ0) is 9.14. The minimum absolute atomic E-state index is 0.0553. The topological polar surface area (TPSA) is 32.3 Å². The third-order valence-electron chi connectivity index (χ3n) is 1.81. The molecular weight excluding hydrogens is 194 g/mol. The zero-order valence-electron chi connectivity index (χ0n) is 7.04. The SMILES string of the molecule is CNC(C)C(O)c1ccc(Cl)s1. The van der Waals surface area contributed by atoms with Crippen molar-refractivity contribution in [1.29, 1.82) is 0 Å². The van der Waals surface area contributed by atoms with Crippen LogP contribution < -0.4 is 5.32 Å². The highest BCUT2D eigenvalue weighted by Crippen LogP contribution is 2.28. The molecule has 1 aromatic rings. The highest BCUT2D eigenvalue weighted by atomic mass is 35.5. The lowest BCUT2D eigenvalue weighted by Gasteiger charge is -2.16. The zero-order valence-corrected chi connectivity index (χ0v) is 8.62. The molecule has 0 aliphatic carbocycles. The van der Waals surface area contributed by atoms with Crippen molar-refractivity contribution in [2.24, 2.45) is 0 Å². The lowest BCUT2D eigenvalue weighted by atomic mass is 10.1. The molecule has 2 atom stereocenters. The molecule has 1 rings (SSSR count). The first-order chi connectivity index (χ1) is 5.65. The Morgan fingerprint density at radius 1 is 1.58 bits per heavy atom. The molecule has 2 N–H and O–H groups in total. The minimum Gasteiger partial charge on any atom is -0.386 e. The van der Waals surface area contributed by atoms with Gasteiger partial charge in [0.1, 0.15) is 6.10 Å². The summed E-state index contributed by atoms with van der Waals surface area (Å²) in [4.78, 5) is 0.904. The number of aliphatic hydroxyl groups is 1. The van der Waals surface area contributed by atoms with E-state index >= 15 is 0 Å². The molecule has 0 aliphatic rings. The first-order valence-corrected chi connectivity index (χ1v) is 4.95. The number of halogens is 1. The van der Waals surface area contributed by atoms with Gasteiger partial charge in [0.25, 0.3) is 0 Å². The summed E-state index contributed by atoms with van der Waals surface area (Å²) in [5, 5.41) is 12.7. The molecule has 4 heteroatoms. The Morgan fingerprint density at radius 2 is 2.25 bits per heavy atom. The second kappa shape index (κ2) is 4.23. The largest absolute Gasteiger partial charge is 0.386 e. The van der Waals surface area contributed by atoms with Crippen molar-refractivity contribution in [3.63, 3.8) is 0 Å². The van der Waals surface area contributed by atoms with Crippen molar-refractivity contribution in [1.82, 2.24) is 5.32 Å². The van der Waals surface area contributed by atoms with E-state index in [9.17, 15) is 5.11 Å². The van der Waals surface area contributed by atoms with Crippen molar-refractivity contribution < 1.29 is 5.11 Å². The standard InChI is InChI=1S/C8H12ClNOS/c1-5(10-2)8(11)6-3-4-7(9)12-6/h3-5,8,10-11H,1-2H3. The minimum atomic E-state index is -0.465. The summed E-state index contributed by atoms with van der Waals surface area (Å²) in [7, 11) is 1.82. The van der Waals surface area contributed by atoms with Gasteiger partial charge in [-0.2, -0.15) is 0 Å². The molecule has 1 heterocycles. The maximum absolute atomic E-state index is 9.69. The maximum atomic E-state index is 9.69. The Kier molecular flexibility index (Phi) is 3.53. The van der Waals surface area contributed by atoms with Gasteiger partial charge in [0.15, 0.2) is 0 Å². The van der Waals surface area contributed by atoms with Crippen molar-refractivity contribution in [2.75, 3.05) is 7.05 Å². The fourth-order valence-corrected chi connectivity index (χ4v) is 2.04. The average Bonchev–Trinajstić information content (AvgIpc) is 2.49. The molecule has 0 radical (unpaired) electrons. The fourth-order valence-electron chi connectivity index (χ4n) is 0.892. The molecule has 0 saturated carbocycles. The van der Waals surface area contributed by atoms with Gasteiger partial charge in [-0.25, -0.2) is 0 Å². The molecule has 0 bridgehead atoms. The molecule has 1 aromatic heterocycles. The first kappa shape index (κ1) is 9.99. The van der Waals surface area contributed by atoms with Crippen LogP contribution >= 0.6 is 22.9 Å². The number of nitrogens with one attached hydrogen (secondary N) is 1.